The maximum absolute atomic E-state index is 13.3. The molecular formula is C25H39N5O5. The zero-order valence-electron chi connectivity index (χ0n) is 21.5. The van der Waals surface area contributed by atoms with Crippen LogP contribution in [0.25, 0.3) is 0 Å². The van der Waals surface area contributed by atoms with Gasteiger partial charge in [-0.05, 0) is 72.2 Å². The molecule has 1 saturated heterocycles. The standard InChI is InChI=1S/C25H39N5O5/c1-28(2)12-6-11-26-23(31)14-18-8-9-20-22(35-18)16-34-21-10-7-17(27-24(32)15-29(3)4)13-19(21)25(33)30(20)5/h7,10,13,18,20,22H,6,8-9,11-12,14-16H2,1-5H3,(H,26,31)(H,27,32)/t18-,20+,22-/m1/s1. The Balaban J connectivity index is 1.61. The number of carbonyl (C=O) groups is 3. The Kier molecular flexibility index (Phi) is 9.47. The average Bonchev–Trinajstić information content (AvgIpc) is 2.79. The Bertz CT molecular complexity index is 906. The summed E-state index contributed by atoms with van der Waals surface area (Å²) in [6.45, 7) is 2.10. The first kappa shape index (κ1) is 26.9. The minimum atomic E-state index is -0.322. The van der Waals surface area contributed by atoms with Crippen LogP contribution in [0.5, 0.6) is 5.75 Å². The van der Waals surface area contributed by atoms with E-state index >= 15 is 0 Å². The molecule has 194 valence electrons. The lowest BCUT2D eigenvalue weighted by molar-refractivity contribution is -0.134. The van der Waals surface area contributed by atoms with Gasteiger partial charge in [0.1, 0.15) is 18.5 Å². The zero-order chi connectivity index (χ0) is 25.5. The van der Waals surface area contributed by atoms with Crippen LogP contribution >= 0.6 is 0 Å². The molecule has 0 unspecified atom stereocenters. The summed E-state index contributed by atoms with van der Waals surface area (Å²) in [5.41, 5.74) is 0.961. The lowest BCUT2D eigenvalue weighted by Gasteiger charge is -2.42. The molecule has 0 spiro atoms. The first-order valence-electron chi connectivity index (χ1n) is 12.2. The third-order valence-electron chi connectivity index (χ3n) is 6.27. The molecule has 1 aromatic rings. The van der Waals surface area contributed by atoms with Crippen LogP contribution < -0.4 is 15.4 Å². The minimum absolute atomic E-state index is 0.0161. The van der Waals surface area contributed by atoms with Crippen LogP contribution in [0.1, 0.15) is 36.0 Å². The second kappa shape index (κ2) is 12.3. The first-order valence-corrected chi connectivity index (χ1v) is 12.2. The van der Waals surface area contributed by atoms with Gasteiger partial charge in [0.05, 0.1) is 30.7 Å². The average molecular weight is 490 g/mol. The highest BCUT2D eigenvalue weighted by atomic mass is 16.5. The van der Waals surface area contributed by atoms with Crippen LogP contribution in [0.3, 0.4) is 0 Å². The van der Waals surface area contributed by atoms with E-state index in [2.05, 4.69) is 15.5 Å². The molecule has 0 bridgehead atoms. The lowest BCUT2D eigenvalue weighted by Crippen LogP contribution is -2.54. The van der Waals surface area contributed by atoms with Crippen molar-refractivity contribution in [3.05, 3.63) is 23.8 Å². The van der Waals surface area contributed by atoms with Gasteiger partial charge in [0.25, 0.3) is 5.91 Å². The van der Waals surface area contributed by atoms with Crippen LogP contribution in [-0.2, 0) is 14.3 Å². The molecule has 10 heteroatoms. The Labute approximate surface area is 207 Å². The zero-order valence-corrected chi connectivity index (χ0v) is 21.5. The van der Waals surface area contributed by atoms with E-state index in [1.165, 1.54) is 0 Å². The molecule has 10 nitrogen and oxygen atoms in total. The number of nitrogens with zero attached hydrogens (tertiary/aromatic N) is 3. The van der Waals surface area contributed by atoms with E-state index in [0.717, 1.165) is 19.4 Å². The summed E-state index contributed by atoms with van der Waals surface area (Å²) >= 11 is 0. The number of ether oxygens (including phenoxy) is 2. The number of fused-ring (bicyclic) bond motifs is 2. The van der Waals surface area contributed by atoms with Gasteiger partial charge in [-0.25, -0.2) is 0 Å². The van der Waals surface area contributed by atoms with Crippen LogP contribution in [0.15, 0.2) is 18.2 Å². The molecule has 3 atom stereocenters. The van der Waals surface area contributed by atoms with E-state index in [4.69, 9.17) is 9.47 Å². The van der Waals surface area contributed by atoms with Gasteiger partial charge in [0.2, 0.25) is 11.8 Å². The summed E-state index contributed by atoms with van der Waals surface area (Å²) < 4.78 is 12.2. The molecule has 0 saturated carbocycles. The number of hydrogen-bond donors (Lipinski definition) is 2. The van der Waals surface area contributed by atoms with Gasteiger partial charge in [-0.2, -0.15) is 0 Å². The van der Waals surface area contributed by atoms with Crippen molar-refractivity contribution in [2.45, 2.75) is 43.9 Å². The third-order valence-corrected chi connectivity index (χ3v) is 6.27. The second-order valence-corrected chi connectivity index (χ2v) is 9.88. The number of likely N-dealkylation sites (N-methyl/N-ethyl adjacent to an activating group) is 2. The van der Waals surface area contributed by atoms with E-state index in [9.17, 15) is 14.4 Å². The maximum atomic E-state index is 13.3. The van der Waals surface area contributed by atoms with Crippen LogP contribution in [-0.4, -0.2) is 112 Å². The van der Waals surface area contributed by atoms with Gasteiger partial charge in [-0.3, -0.25) is 14.4 Å². The summed E-state index contributed by atoms with van der Waals surface area (Å²) in [5.74, 6) is 0.1000. The molecule has 0 aromatic heterocycles. The molecule has 1 aromatic carbocycles. The molecule has 3 rings (SSSR count). The van der Waals surface area contributed by atoms with Crippen molar-refractivity contribution in [3.8, 4) is 5.75 Å². The second-order valence-electron chi connectivity index (χ2n) is 9.88. The van der Waals surface area contributed by atoms with E-state index in [0.29, 0.717) is 36.4 Å². The largest absolute Gasteiger partial charge is 0.490 e. The molecule has 3 amide bonds. The molecule has 0 radical (unpaired) electrons. The number of hydrogen-bond acceptors (Lipinski definition) is 7. The fourth-order valence-corrected chi connectivity index (χ4v) is 4.50. The summed E-state index contributed by atoms with van der Waals surface area (Å²) in [5, 5.41) is 5.79. The molecule has 0 aliphatic carbocycles. The van der Waals surface area contributed by atoms with Crippen LogP contribution in [0.2, 0.25) is 0 Å². The highest BCUT2D eigenvalue weighted by Gasteiger charge is 2.39. The van der Waals surface area contributed by atoms with Crippen molar-refractivity contribution in [1.82, 2.24) is 20.0 Å². The summed E-state index contributed by atoms with van der Waals surface area (Å²) in [6.07, 6.45) is 2.09. The van der Waals surface area contributed by atoms with E-state index in [-0.39, 0.29) is 49.1 Å². The van der Waals surface area contributed by atoms with Crippen molar-refractivity contribution >= 4 is 23.4 Å². The van der Waals surface area contributed by atoms with E-state index in [1.807, 2.05) is 28.2 Å². The molecule has 2 aliphatic heterocycles. The predicted molar refractivity (Wildman–Crippen MR) is 134 cm³/mol. The van der Waals surface area contributed by atoms with Crippen molar-refractivity contribution in [2.24, 2.45) is 0 Å². The Morgan fingerprint density at radius 1 is 1.11 bits per heavy atom. The summed E-state index contributed by atoms with van der Waals surface area (Å²) in [6, 6.07) is 4.94. The topological polar surface area (TPSA) is 103 Å². The molecule has 35 heavy (non-hydrogen) atoms. The highest BCUT2D eigenvalue weighted by molar-refractivity contribution is 6.00. The van der Waals surface area contributed by atoms with Crippen LogP contribution in [0.4, 0.5) is 5.69 Å². The van der Waals surface area contributed by atoms with Crippen molar-refractivity contribution in [1.29, 1.82) is 0 Å². The van der Waals surface area contributed by atoms with Crippen molar-refractivity contribution in [3.63, 3.8) is 0 Å². The predicted octanol–water partition coefficient (Wildman–Crippen LogP) is 1.03. The molecule has 2 N–H and O–H groups in total. The van der Waals surface area contributed by atoms with Gasteiger partial charge in [-0.15, -0.1) is 0 Å². The number of amides is 3. The Morgan fingerprint density at radius 2 is 1.89 bits per heavy atom. The molecule has 1 fully saturated rings. The SMILES string of the molecule is CN(C)CCCNC(=O)C[C@H]1CC[C@H]2[C@@H](COc3ccc(NC(=O)CN(C)C)cc3C(=O)N2C)O1. The highest BCUT2D eigenvalue weighted by Crippen LogP contribution is 2.32. The number of benzene rings is 1. The normalized spacial score (nSPS) is 22.1. The third kappa shape index (κ3) is 7.65. The first-order chi connectivity index (χ1) is 16.6. The van der Waals surface area contributed by atoms with E-state index < -0.39 is 0 Å². The number of carbonyl (C=O) groups excluding carboxylic acids is 3. The maximum Gasteiger partial charge on any atom is 0.257 e. The lowest BCUT2D eigenvalue weighted by atomic mass is 9.94. The van der Waals surface area contributed by atoms with Gasteiger partial charge in [-0.1, -0.05) is 0 Å². The smallest absolute Gasteiger partial charge is 0.257 e. The fraction of sp³-hybridized carbons (Fsp3) is 0.640. The number of nitrogens with one attached hydrogen (secondary N) is 2. The minimum Gasteiger partial charge on any atom is -0.490 e. The van der Waals surface area contributed by atoms with Crippen molar-refractivity contribution in [2.75, 3.05) is 66.8 Å². The molecule has 2 aliphatic rings. The van der Waals surface area contributed by atoms with Gasteiger partial charge < -0.3 is 34.8 Å². The number of rotatable bonds is 9. The van der Waals surface area contributed by atoms with E-state index in [1.54, 1.807) is 35.0 Å². The number of anilines is 1. The fourth-order valence-electron chi connectivity index (χ4n) is 4.50. The molecule has 2 heterocycles. The van der Waals surface area contributed by atoms with Gasteiger partial charge in [0.15, 0.2) is 0 Å². The van der Waals surface area contributed by atoms with Crippen LogP contribution in [0, 0.1) is 0 Å². The van der Waals surface area contributed by atoms with Crippen molar-refractivity contribution < 1.29 is 23.9 Å². The summed E-state index contributed by atoms with van der Waals surface area (Å²) in [4.78, 5) is 43.4. The molecular weight excluding hydrogens is 450 g/mol. The Hall–Kier alpha value is -2.69. The van der Waals surface area contributed by atoms with Gasteiger partial charge in [0, 0.05) is 19.3 Å². The Morgan fingerprint density at radius 3 is 2.60 bits per heavy atom. The quantitative estimate of drug-likeness (QED) is 0.500. The monoisotopic (exact) mass is 489 g/mol. The van der Waals surface area contributed by atoms with Gasteiger partial charge >= 0.3 is 0 Å². The summed E-state index contributed by atoms with van der Waals surface area (Å²) in [7, 11) is 9.42.